The molecule has 0 N–H and O–H groups in total. The predicted molar refractivity (Wildman–Crippen MR) is 127 cm³/mol. The van der Waals surface area contributed by atoms with Crippen molar-refractivity contribution in [2.24, 2.45) is 0 Å². The zero-order chi connectivity index (χ0) is 20.5. The molecule has 0 radical (unpaired) electrons. The van der Waals surface area contributed by atoms with Crippen LogP contribution in [-0.2, 0) is 5.41 Å². The van der Waals surface area contributed by atoms with Gasteiger partial charge in [0.05, 0.1) is 9.72 Å². The van der Waals surface area contributed by atoms with Crippen molar-refractivity contribution in [1.82, 2.24) is 9.88 Å². The molecule has 4 nitrogen and oxygen atoms in total. The van der Waals surface area contributed by atoms with Crippen molar-refractivity contribution < 1.29 is 4.79 Å². The van der Waals surface area contributed by atoms with Crippen molar-refractivity contribution in [2.75, 3.05) is 32.1 Å². The van der Waals surface area contributed by atoms with Crippen LogP contribution in [0.15, 0.2) is 42.5 Å². The highest BCUT2D eigenvalue weighted by atomic mass is 35.5. The number of fused-ring (bicyclic) bond motifs is 1. The number of halogens is 2. The first kappa shape index (κ1) is 23.6. The first-order valence-corrected chi connectivity index (χ1v) is 10.5. The average molecular weight is 452 g/mol. The van der Waals surface area contributed by atoms with Crippen LogP contribution < -0.4 is 4.90 Å². The minimum atomic E-state index is -0.0440. The van der Waals surface area contributed by atoms with E-state index in [0.29, 0.717) is 22.3 Å². The number of para-hydroxylation sites is 1. The molecule has 1 aromatic heterocycles. The lowest BCUT2D eigenvalue weighted by atomic mass is 9.86. The number of aromatic nitrogens is 1. The molecule has 0 atom stereocenters. The molecule has 1 heterocycles. The van der Waals surface area contributed by atoms with Crippen molar-refractivity contribution in [2.45, 2.75) is 26.2 Å². The number of thiazole rings is 1. The van der Waals surface area contributed by atoms with Crippen LogP contribution in [0.2, 0.25) is 5.02 Å². The molecule has 3 aromatic rings. The number of amides is 1. The number of carbonyl (C=O) groups is 1. The quantitative estimate of drug-likeness (QED) is 0.485. The van der Waals surface area contributed by atoms with Crippen LogP contribution in [0.25, 0.3) is 10.2 Å². The smallest absolute Gasteiger partial charge is 0.260 e. The van der Waals surface area contributed by atoms with Gasteiger partial charge in [-0.3, -0.25) is 9.69 Å². The van der Waals surface area contributed by atoms with Gasteiger partial charge in [-0.2, -0.15) is 0 Å². The number of likely N-dealkylation sites (N-methyl/N-ethyl adjacent to an activating group) is 1. The van der Waals surface area contributed by atoms with E-state index in [1.165, 1.54) is 16.9 Å². The van der Waals surface area contributed by atoms with Crippen LogP contribution in [-0.4, -0.2) is 43.0 Å². The standard InChI is InChI=1S/C22H26ClN3OS.ClH/c1-22(2,3)16-11-9-15(10-12-16)20(27)26(14-13-25(4)5)21-24-19-17(23)7-6-8-18(19)28-21;/h6-12H,13-14H2,1-5H3;1H. The Bertz CT molecular complexity index is 978. The summed E-state index contributed by atoms with van der Waals surface area (Å²) >= 11 is 7.78. The zero-order valence-electron chi connectivity index (χ0n) is 17.4. The molecule has 29 heavy (non-hydrogen) atoms. The third-order valence-electron chi connectivity index (χ3n) is 4.60. The third-order valence-corrected chi connectivity index (χ3v) is 5.95. The molecule has 156 valence electrons. The van der Waals surface area contributed by atoms with E-state index in [2.05, 4.69) is 30.7 Å². The fourth-order valence-electron chi connectivity index (χ4n) is 2.87. The van der Waals surface area contributed by atoms with Crippen LogP contribution in [0.5, 0.6) is 0 Å². The molecule has 3 rings (SSSR count). The number of hydrogen-bond acceptors (Lipinski definition) is 4. The van der Waals surface area contributed by atoms with Gasteiger partial charge in [0.15, 0.2) is 5.13 Å². The third kappa shape index (κ3) is 5.48. The lowest BCUT2D eigenvalue weighted by Crippen LogP contribution is -2.36. The number of hydrogen-bond donors (Lipinski definition) is 0. The Hall–Kier alpha value is -1.66. The lowest BCUT2D eigenvalue weighted by molar-refractivity contribution is 0.0985. The van der Waals surface area contributed by atoms with Crippen molar-refractivity contribution in [3.05, 3.63) is 58.6 Å². The fourth-order valence-corrected chi connectivity index (χ4v) is 4.16. The summed E-state index contributed by atoms with van der Waals surface area (Å²) < 4.78 is 0.980. The van der Waals surface area contributed by atoms with E-state index in [1.807, 2.05) is 56.6 Å². The molecular weight excluding hydrogens is 425 g/mol. The molecule has 7 heteroatoms. The summed E-state index contributed by atoms with van der Waals surface area (Å²) in [5.41, 5.74) is 2.67. The minimum absolute atomic E-state index is 0. The summed E-state index contributed by atoms with van der Waals surface area (Å²) in [7, 11) is 3.99. The van der Waals surface area contributed by atoms with E-state index in [-0.39, 0.29) is 23.7 Å². The number of rotatable bonds is 5. The Morgan fingerprint density at radius 3 is 2.28 bits per heavy atom. The van der Waals surface area contributed by atoms with Gasteiger partial charge in [-0.05, 0) is 49.3 Å². The Morgan fingerprint density at radius 2 is 1.72 bits per heavy atom. The SMILES string of the molecule is CN(C)CCN(C(=O)c1ccc(C(C)(C)C)cc1)c1nc2c(Cl)cccc2s1.Cl. The first-order chi connectivity index (χ1) is 13.2. The van der Waals surface area contributed by atoms with Gasteiger partial charge in [-0.1, -0.05) is 61.9 Å². The summed E-state index contributed by atoms with van der Waals surface area (Å²) in [5, 5.41) is 1.28. The molecule has 0 fully saturated rings. The fraction of sp³-hybridized carbons (Fsp3) is 0.364. The minimum Gasteiger partial charge on any atom is -0.308 e. The molecule has 0 bridgehead atoms. The van der Waals surface area contributed by atoms with Gasteiger partial charge in [-0.25, -0.2) is 4.98 Å². The van der Waals surface area contributed by atoms with Gasteiger partial charge >= 0.3 is 0 Å². The maximum Gasteiger partial charge on any atom is 0.260 e. The van der Waals surface area contributed by atoms with E-state index in [1.54, 1.807) is 4.90 Å². The van der Waals surface area contributed by atoms with Crippen molar-refractivity contribution in [3.63, 3.8) is 0 Å². The topological polar surface area (TPSA) is 36.4 Å². The maximum atomic E-state index is 13.3. The number of nitrogens with zero attached hydrogens (tertiary/aromatic N) is 3. The van der Waals surface area contributed by atoms with Gasteiger partial charge in [-0.15, -0.1) is 12.4 Å². The molecule has 0 saturated heterocycles. The number of carbonyl (C=O) groups excluding carboxylic acids is 1. The first-order valence-electron chi connectivity index (χ1n) is 9.29. The maximum absolute atomic E-state index is 13.3. The van der Waals surface area contributed by atoms with Crippen LogP contribution in [0.3, 0.4) is 0 Å². The summed E-state index contributed by atoms with van der Waals surface area (Å²) in [5.74, 6) is -0.0440. The van der Waals surface area contributed by atoms with Gasteiger partial charge < -0.3 is 4.90 Å². The normalized spacial score (nSPS) is 11.6. The lowest BCUT2D eigenvalue weighted by Gasteiger charge is -2.23. The predicted octanol–water partition coefficient (Wildman–Crippen LogP) is 5.88. The Morgan fingerprint density at radius 1 is 1.07 bits per heavy atom. The van der Waals surface area contributed by atoms with E-state index in [0.717, 1.165) is 16.8 Å². The largest absolute Gasteiger partial charge is 0.308 e. The Kier molecular flexibility index (Phi) is 7.68. The van der Waals surface area contributed by atoms with Gasteiger partial charge in [0.2, 0.25) is 0 Å². The number of anilines is 1. The second-order valence-corrected chi connectivity index (χ2v) is 9.59. The van der Waals surface area contributed by atoms with Gasteiger partial charge in [0, 0.05) is 18.7 Å². The molecule has 0 aliphatic heterocycles. The Balaban J connectivity index is 0.00000300. The van der Waals surface area contributed by atoms with E-state index in [4.69, 9.17) is 11.6 Å². The van der Waals surface area contributed by atoms with Crippen LogP contribution in [0.1, 0.15) is 36.7 Å². The zero-order valence-corrected chi connectivity index (χ0v) is 19.8. The summed E-state index contributed by atoms with van der Waals surface area (Å²) in [4.78, 5) is 21.8. The molecule has 0 aliphatic rings. The molecule has 0 saturated carbocycles. The van der Waals surface area contributed by atoms with Crippen LogP contribution in [0, 0.1) is 0 Å². The summed E-state index contributed by atoms with van der Waals surface area (Å²) in [6, 6.07) is 13.6. The van der Waals surface area contributed by atoms with Crippen molar-refractivity contribution >= 4 is 56.6 Å². The summed E-state index contributed by atoms with van der Waals surface area (Å²) in [6.45, 7) is 7.80. The van der Waals surface area contributed by atoms with Crippen LogP contribution in [0.4, 0.5) is 5.13 Å². The molecular formula is C22H27Cl2N3OS. The number of benzene rings is 2. The molecule has 0 spiro atoms. The molecule has 0 unspecified atom stereocenters. The highest BCUT2D eigenvalue weighted by Crippen LogP contribution is 2.33. The molecule has 0 aliphatic carbocycles. The molecule has 1 amide bonds. The Labute approximate surface area is 187 Å². The summed E-state index contributed by atoms with van der Waals surface area (Å²) in [6.07, 6.45) is 0. The second-order valence-electron chi connectivity index (χ2n) is 8.17. The highest BCUT2D eigenvalue weighted by molar-refractivity contribution is 7.22. The van der Waals surface area contributed by atoms with Gasteiger partial charge in [0.1, 0.15) is 5.52 Å². The van der Waals surface area contributed by atoms with E-state index < -0.39 is 0 Å². The second kappa shape index (κ2) is 9.43. The van der Waals surface area contributed by atoms with Gasteiger partial charge in [0.25, 0.3) is 5.91 Å². The average Bonchev–Trinajstić information content (AvgIpc) is 3.06. The highest BCUT2D eigenvalue weighted by Gasteiger charge is 2.23. The molecule has 2 aromatic carbocycles. The van der Waals surface area contributed by atoms with Crippen molar-refractivity contribution in [1.29, 1.82) is 0 Å². The monoisotopic (exact) mass is 451 g/mol. The van der Waals surface area contributed by atoms with Crippen molar-refractivity contribution in [3.8, 4) is 0 Å². The van der Waals surface area contributed by atoms with Crippen LogP contribution >= 0.6 is 35.3 Å². The van der Waals surface area contributed by atoms with E-state index in [9.17, 15) is 4.79 Å². The van der Waals surface area contributed by atoms with E-state index >= 15 is 0 Å².